The summed E-state index contributed by atoms with van der Waals surface area (Å²) in [5, 5.41) is 3.23. The van der Waals surface area contributed by atoms with Crippen LogP contribution in [0.25, 0.3) is 0 Å². The molecule has 0 radical (unpaired) electrons. The molecule has 7 heteroatoms. The molecule has 0 atom stereocenters. The van der Waals surface area contributed by atoms with E-state index in [2.05, 4.69) is 40.4 Å². The first-order valence-electron chi connectivity index (χ1n) is 9.75. The summed E-state index contributed by atoms with van der Waals surface area (Å²) in [6.45, 7) is 7.03. The number of aryl methyl sites for hydroxylation is 2. The number of carbonyl (C=O) groups is 1. The predicted octanol–water partition coefficient (Wildman–Crippen LogP) is 2.68. The zero-order chi connectivity index (χ0) is 19.6. The molecule has 2 fully saturated rings. The lowest BCUT2D eigenvalue weighted by Crippen LogP contribution is -2.47. The second-order valence-corrected chi connectivity index (χ2v) is 7.46. The summed E-state index contributed by atoms with van der Waals surface area (Å²) in [6.07, 6.45) is 1.39. The maximum absolute atomic E-state index is 13.0. The van der Waals surface area contributed by atoms with E-state index in [9.17, 15) is 4.79 Å². The second kappa shape index (κ2) is 7.85. The van der Waals surface area contributed by atoms with Crippen LogP contribution in [0.5, 0.6) is 0 Å². The van der Waals surface area contributed by atoms with Crippen LogP contribution in [0.2, 0.25) is 0 Å². The fraction of sp³-hybridized carbons (Fsp3) is 0.476. The van der Waals surface area contributed by atoms with Gasteiger partial charge in [-0.1, -0.05) is 29.8 Å². The molecule has 2 aromatic rings. The number of likely N-dealkylation sites (tertiary alicyclic amines) is 1. The Hall–Kier alpha value is -2.51. The van der Waals surface area contributed by atoms with Crippen LogP contribution >= 0.6 is 0 Å². The third-order valence-electron chi connectivity index (χ3n) is 5.23. The summed E-state index contributed by atoms with van der Waals surface area (Å²) in [4.78, 5) is 23.7. The van der Waals surface area contributed by atoms with Gasteiger partial charge in [-0.2, -0.15) is 0 Å². The van der Waals surface area contributed by atoms with Gasteiger partial charge >= 0.3 is 0 Å². The maximum Gasteiger partial charge on any atom is 0.272 e. The first-order valence-corrected chi connectivity index (χ1v) is 9.75. The topological polar surface area (TPSA) is 76.6 Å². The highest BCUT2D eigenvalue weighted by atomic mass is 16.7. The molecule has 2 saturated heterocycles. The van der Waals surface area contributed by atoms with E-state index < -0.39 is 5.79 Å². The van der Waals surface area contributed by atoms with E-state index in [1.807, 2.05) is 17.9 Å². The third kappa shape index (κ3) is 4.15. The summed E-state index contributed by atoms with van der Waals surface area (Å²) in [5.74, 6) is -0.0865. The Morgan fingerprint density at radius 2 is 1.89 bits per heavy atom. The Balaban J connectivity index is 1.42. The van der Waals surface area contributed by atoms with Crippen LogP contribution in [0.15, 0.2) is 30.3 Å². The number of anilines is 1. The van der Waals surface area contributed by atoms with Crippen molar-refractivity contribution in [3.63, 3.8) is 0 Å². The average molecular weight is 382 g/mol. The van der Waals surface area contributed by atoms with Gasteiger partial charge in [-0.05, 0) is 25.5 Å². The van der Waals surface area contributed by atoms with Crippen LogP contribution in [0.4, 0.5) is 5.95 Å². The lowest BCUT2D eigenvalue weighted by atomic mass is 10.0. The third-order valence-corrected chi connectivity index (χ3v) is 5.23. The van der Waals surface area contributed by atoms with Crippen molar-refractivity contribution < 1.29 is 14.3 Å². The Kier molecular flexibility index (Phi) is 5.28. The molecule has 1 N–H and O–H groups in total. The van der Waals surface area contributed by atoms with Crippen LogP contribution in [-0.2, 0) is 16.0 Å². The molecule has 28 heavy (non-hydrogen) atoms. The van der Waals surface area contributed by atoms with Crippen LogP contribution in [0.1, 0.15) is 40.2 Å². The highest BCUT2D eigenvalue weighted by Gasteiger charge is 2.41. The van der Waals surface area contributed by atoms with Crippen molar-refractivity contribution >= 4 is 11.9 Å². The number of aromatic nitrogens is 2. The molecule has 1 aromatic heterocycles. The van der Waals surface area contributed by atoms with E-state index in [1.54, 1.807) is 6.07 Å². The molecule has 148 valence electrons. The molecule has 7 nitrogen and oxygen atoms in total. The van der Waals surface area contributed by atoms with E-state index in [-0.39, 0.29) is 5.91 Å². The molecule has 1 spiro atoms. The number of piperidine rings is 1. The van der Waals surface area contributed by atoms with Crippen molar-refractivity contribution in [1.82, 2.24) is 14.9 Å². The van der Waals surface area contributed by atoms with Gasteiger partial charge in [0.15, 0.2) is 5.79 Å². The summed E-state index contributed by atoms with van der Waals surface area (Å²) >= 11 is 0. The number of benzene rings is 1. The number of rotatable bonds is 4. The smallest absolute Gasteiger partial charge is 0.272 e. The predicted molar refractivity (Wildman–Crippen MR) is 105 cm³/mol. The number of nitrogens with one attached hydrogen (secondary N) is 1. The van der Waals surface area contributed by atoms with Gasteiger partial charge in [0.1, 0.15) is 5.69 Å². The van der Waals surface area contributed by atoms with Crippen molar-refractivity contribution in [3.05, 3.63) is 52.8 Å². The Bertz CT molecular complexity index is 854. The Morgan fingerprint density at radius 3 is 2.61 bits per heavy atom. The zero-order valence-electron chi connectivity index (χ0n) is 16.4. The zero-order valence-corrected chi connectivity index (χ0v) is 16.4. The highest BCUT2D eigenvalue weighted by Crippen LogP contribution is 2.31. The number of nitrogens with zero attached hydrogens (tertiary/aromatic N) is 3. The Morgan fingerprint density at radius 1 is 1.14 bits per heavy atom. The molecule has 4 rings (SSSR count). The molecule has 2 aliphatic heterocycles. The number of hydrogen-bond acceptors (Lipinski definition) is 6. The monoisotopic (exact) mass is 382 g/mol. The van der Waals surface area contributed by atoms with Gasteiger partial charge in [-0.3, -0.25) is 4.79 Å². The van der Waals surface area contributed by atoms with Crippen molar-refractivity contribution in [2.75, 3.05) is 31.6 Å². The molecule has 2 aliphatic rings. The number of carbonyl (C=O) groups excluding carboxylic acids is 1. The molecule has 0 saturated carbocycles. The van der Waals surface area contributed by atoms with Gasteiger partial charge in [0.25, 0.3) is 5.91 Å². The standard InChI is InChI=1S/C21H26N4O3/c1-15-4-3-5-17(12-15)14-22-20-23-16(2)13-18(24-20)19(26)25-8-6-21(7-9-25)27-10-11-28-21/h3-5,12-13H,6-11,14H2,1-2H3,(H,22,23,24). The van der Waals surface area contributed by atoms with E-state index in [0.717, 1.165) is 11.3 Å². The van der Waals surface area contributed by atoms with Crippen LogP contribution < -0.4 is 5.32 Å². The van der Waals surface area contributed by atoms with Gasteiger partial charge < -0.3 is 19.7 Å². The minimum Gasteiger partial charge on any atom is -0.350 e. The summed E-state index contributed by atoms with van der Waals surface area (Å²) in [6, 6.07) is 10.0. The molecular formula is C21H26N4O3. The van der Waals surface area contributed by atoms with Crippen LogP contribution in [0.3, 0.4) is 0 Å². The van der Waals surface area contributed by atoms with Gasteiger partial charge in [-0.15, -0.1) is 0 Å². The fourth-order valence-electron chi connectivity index (χ4n) is 3.76. The maximum atomic E-state index is 13.0. The van der Waals surface area contributed by atoms with E-state index >= 15 is 0 Å². The highest BCUT2D eigenvalue weighted by molar-refractivity contribution is 5.92. The van der Waals surface area contributed by atoms with Gasteiger partial charge in [0, 0.05) is 38.2 Å². The van der Waals surface area contributed by atoms with Gasteiger partial charge in [0.2, 0.25) is 5.95 Å². The number of ether oxygens (including phenoxy) is 2. The molecule has 3 heterocycles. The normalized spacial score (nSPS) is 18.4. The number of amides is 1. The summed E-state index contributed by atoms with van der Waals surface area (Å²) in [7, 11) is 0. The lowest BCUT2D eigenvalue weighted by Gasteiger charge is -2.37. The summed E-state index contributed by atoms with van der Waals surface area (Å²) in [5.41, 5.74) is 3.54. The minimum atomic E-state index is -0.487. The quantitative estimate of drug-likeness (QED) is 0.876. The second-order valence-electron chi connectivity index (χ2n) is 7.46. The SMILES string of the molecule is Cc1cccc(CNc2nc(C)cc(C(=O)N3CCC4(CC3)OCCO4)n2)c1. The molecule has 0 aliphatic carbocycles. The molecule has 1 amide bonds. The molecule has 0 unspecified atom stereocenters. The van der Waals surface area contributed by atoms with E-state index in [4.69, 9.17) is 9.47 Å². The van der Waals surface area contributed by atoms with E-state index in [0.29, 0.717) is 57.3 Å². The van der Waals surface area contributed by atoms with Crippen molar-refractivity contribution in [2.45, 2.75) is 39.0 Å². The van der Waals surface area contributed by atoms with Crippen LogP contribution in [0, 0.1) is 13.8 Å². The van der Waals surface area contributed by atoms with Gasteiger partial charge in [-0.25, -0.2) is 9.97 Å². The molecule has 0 bridgehead atoms. The van der Waals surface area contributed by atoms with Crippen LogP contribution in [-0.4, -0.2) is 52.9 Å². The van der Waals surface area contributed by atoms with E-state index in [1.165, 1.54) is 5.56 Å². The lowest BCUT2D eigenvalue weighted by molar-refractivity contribution is -0.181. The first kappa shape index (κ1) is 18.8. The Labute approximate surface area is 165 Å². The van der Waals surface area contributed by atoms with Gasteiger partial charge in [0.05, 0.1) is 13.2 Å². The first-order chi connectivity index (χ1) is 13.5. The number of hydrogen-bond donors (Lipinski definition) is 1. The summed E-state index contributed by atoms with van der Waals surface area (Å²) < 4.78 is 11.5. The largest absolute Gasteiger partial charge is 0.350 e. The van der Waals surface area contributed by atoms with Crippen molar-refractivity contribution in [1.29, 1.82) is 0 Å². The average Bonchev–Trinajstić information content (AvgIpc) is 3.14. The molecule has 1 aromatic carbocycles. The fourth-order valence-corrected chi connectivity index (χ4v) is 3.76. The van der Waals surface area contributed by atoms with Crippen molar-refractivity contribution in [3.8, 4) is 0 Å². The minimum absolute atomic E-state index is 0.0723. The molecular weight excluding hydrogens is 356 g/mol. The van der Waals surface area contributed by atoms with Crippen molar-refractivity contribution in [2.24, 2.45) is 0 Å².